The largest absolute Gasteiger partial charge is 0.464 e. The van der Waals surface area contributed by atoms with Crippen molar-refractivity contribution in [1.29, 1.82) is 0 Å². The molecule has 8 rings (SSSR count). The van der Waals surface area contributed by atoms with Gasteiger partial charge in [0.1, 0.15) is 24.0 Å². The first-order valence-corrected chi connectivity index (χ1v) is 27.5. The summed E-state index contributed by atoms with van der Waals surface area (Å²) in [6, 6.07) is -0.959. The van der Waals surface area contributed by atoms with Gasteiger partial charge in [0, 0.05) is 35.8 Å². The fourth-order valence-electron chi connectivity index (χ4n) is 14.9. The average Bonchev–Trinajstić information content (AvgIpc) is 3.53. The van der Waals surface area contributed by atoms with E-state index in [1.165, 1.54) is 26.0 Å². The summed E-state index contributed by atoms with van der Waals surface area (Å²) in [6.07, 6.45) is -4.38. The van der Waals surface area contributed by atoms with Crippen molar-refractivity contribution < 1.29 is 77.9 Å². The van der Waals surface area contributed by atoms with Crippen LogP contribution in [0.4, 0.5) is 4.39 Å². The minimum absolute atomic E-state index is 0.0619. The number of unbranched alkanes of at least 4 members (excludes halogenated alkanes) is 1. The highest BCUT2D eigenvalue weighted by Gasteiger charge is 2.76. The number of ketones is 1. The molecule has 0 amide bonds. The minimum Gasteiger partial charge on any atom is -0.464 e. The van der Waals surface area contributed by atoms with Crippen LogP contribution >= 0.6 is 11.6 Å². The molecule has 0 aromatic heterocycles. The molecule has 3 saturated heterocycles. The fraction of sp³-hybridized carbons (Fsp3) is 0.855. The summed E-state index contributed by atoms with van der Waals surface area (Å²) in [5.74, 6) is -6.45. The van der Waals surface area contributed by atoms with Gasteiger partial charge >= 0.3 is 17.9 Å². The van der Waals surface area contributed by atoms with E-state index in [1.807, 2.05) is 37.9 Å². The second-order valence-corrected chi connectivity index (χ2v) is 25.3. The van der Waals surface area contributed by atoms with E-state index in [1.54, 1.807) is 47.6 Å². The monoisotopic (exact) mass is 1070 g/mol. The van der Waals surface area contributed by atoms with Gasteiger partial charge in [-0.25, -0.2) is 9.18 Å². The molecule has 0 spiro atoms. The van der Waals surface area contributed by atoms with Crippen LogP contribution in [0.2, 0.25) is 0 Å². The van der Waals surface area contributed by atoms with Crippen molar-refractivity contribution in [3.05, 3.63) is 23.8 Å². The number of alkyl halides is 2. The molecule has 74 heavy (non-hydrogen) atoms. The van der Waals surface area contributed by atoms with Gasteiger partial charge in [-0.15, -0.1) is 11.6 Å². The quantitative estimate of drug-likeness (QED) is 0.0737. The van der Waals surface area contributed by atoms with E-state index in [2.05, 4.69) is 0 Å². The second kappa shape index (κ2) is 21.6. The molecule has 2 unspecified atom stereocenters. The number of aliphatic hydroxyl groups excluding tert-OH is 3. The number of allylic oxidation sites excluding steroid dienone is 4. The van der Waals surface area contributed by atoms with Crippen LogP contribution in [0.3, 0.4) is 0 Å². The zero-order valence-corrected chi connectivity index (χ0v) is 46.3. The number of nitrogens with zero attached hydrogens (tertiary/aromatic N) is 2. The maximum absolute atomic E-state index is 16.1. The van der Waals surface area contributed by atoms with E-state index in [-0.39, 0.29) is 81.4 Å². The zero-order chi connectivity index (χ0) is 55.0. The molecular weight excluding hydrogens is 983 g/mol. The Morgan fingerprint density at radius 1 is 0.959 bits per heavy atom. The van der Waals surface area contributed by atoms with Crippen molar-refractivity contribution in [3.63, 3.8) is 0 Å². The summed E-state index contributed by atoms with van der Waals surface area (Å²) in [5.41, 5.74) is -7.55. The van der Waals surface area contributed by atoms with Gasteiger partial charge in [-0.05, 0) is 148 Å². The predicted molar refractivity (Wildman–Crippen MR) is 270 cm³/mol. The third kappa shape index (κ3) is 9.97. The van der Waals surface area contributed by atoms with Gasteiger partial charge in [0.05, 0.1) is 53.5 Å². The Hall–Kier alpha value is -2.62. The van der Waals surface area contributed by atoms with Gasteiger partial charge in [0.25, 0.3) is 0 Å². The second-order valence-electron chi connectivity index (χ2n) is 24.6. The molecule has 0 aromatic carbocycles. The Kier molecular flexibility index (Phi) is 17.2. The SMILES string of the molecule is CC[C@H]1OC(=O)[C@H](C)[C@@H](O)[C@H](C)[C@@H](O[C@@H]2O[C@H](C)C[C@@H](N(C)C)[C@H]2OC(=O)CCCCOC(=O)[C@@]2(O)[C@H](C)CC3C4C[C@H](F)C5=CC(=O)C=C[C@]5(C)[C@@]4(Cl)[C@@H](O)C[C@@]32C)[C@]2(O)C[C@H](CN(C)[C@H](C)[C@@H](O)[C@]1(C)O)C2. The Morgan fingerprint density at radius 3 is 2.26 bits per heavy atom. The molecule has 3 heterocycles. The van der Waals surface area contributed by atoms with E-state index in [4.69, 9.17) is 35.3 Å². The number of carbonyl (C=O) groups excluding carboxylic acids is 4. The Bertz CT molecular complexity index is 2160. The fourth-order valence-corrected chi connectivity index (χ4v) is 15.4. The molecule has 0 aromatic rings. The van der Waals surface area contributed by atoms with Crippen LogP contribution < -0.4 is 0 Å². The summed E-state index contributed by atoms with van der Waals surface area (Å²) in [4.78, 5) is 56.4. The number of ether oxygens (including phenoxy) is 5. The van der Waals surface area contributed by atoms with Crippen LogP contribution in [0, 0.1) is 46.3 Å². The third-order valence-electron chi connectivity index (χ3n) is 19.6. The van der Waals surface area contributed by atoms with E-state index < -0.39 is 141 Å². The van der Waals surface area contributed by atoms with Crippen molar-refractivity contribution in [3.8, 4) is 0 Å². The highest BCUT2D eigenvalue weighted by molar-refractivity contribution is 6.26. The number of esters is 3. The van der Waals surface area contributed by atoms with Crippen LogP contribution in [0.25, 0.3) is 0 Å². The van der Waals surface area contributed by atoms with Crippen molar-refractivity contribution >= 4 is 35.3 Å². The summed E-state index contributed by atoms with van der Waals surface area (Å²) in [7, 11) is 5.51. The van der Waals surface area contributed by atoms with Crippen molar-refractivity contribution in [2.45, 2.75) is 215 Å². The summed E-state index contributed by atoms with van der Waals surface area (Å²) in [6.45, 7) is 15.5. The molecule has 5 aliphatic carbocycles. The molecule has 6 N–H and O–H groups in total. The first-order valence-electron chi connectivity index (χ1n) is 27.1. The number of fused-ring (bicyclic) bond motifs is 16. The van der Waals surface area contributed by atoms with Crippen molar-refractivity contribution in [2.24, 2.45) is 46.3 Å². The summed E-state index contributed by atoms with van der Waals surface area (Å²) < 4.78 is 47.0. The van der Waals surface area contributed by atoms with Crippen LogP contribution in [0.5, 0.6) is 0 Å². The highest BCUT2D eigenvalue weighted by Crippen LogP contribution is 2.71. The first kappa shape index (κ1) is 59.0. The Balaban J connectivity index is 1.01. The molecule has 19 heteroatoms. The maximum atomic E-state index is 16.1. The molecule has 420 valence electrons. The van der Waals surface area contributed by atoms with Gasteiger partial charge in [0.15, 0.2) is 23.8 Å². The molecule has 3 aliphatic heterocycles. The van der Waals surface area contributed by atoms with Crippen LogP contribution in [-0.2, 0) is 42.9 Å². The molecule has 4 saturated carbocycles. The zero-order valence-electron chi connectivity index (χ0n) is 45.5. The number of rotatable bonds is 11. The molecule has 7 fully saturated rings. The third-order valence-corrected chi connectivity index (χ3v) is 20.5. The molecule has 2 bridgehead atoms. The highest BCUT2D eigenvalue weighted by atomic mass is 35.5. The summed E-state index contributed by atoms with van der Waals surface area (Å²) >= 11 is 7.48. The number of likely N-dealkylation sites (N-methyl/N-ethyl adjacent to an activating group) is 2. The average molecular weight is 1070 g/mol. The lowest BCUT2D eigenvalue weighted by atomic mass is 9.45. The van der Waals surface area contributed by atoms with Crippen molar-refractivity contribution in [1.82, 2.24) is 9.80 Å². The van der Waals surface area contributed by atoms with Crippen LogP contribution in [-0.4, -0.2) is 187 Å². The van der Waals surface area contributed by atoms with E-state index >= 15 is 4.39 Å². The molecule has 21 atom stereocenters. The van der Waals surface area contributed by atoms with E-state index in [0.717, 1.165) is 0 Å². The van der Waals surface area contributed by atoms with Crippen molar-refractivity contribution in [2.75, 3.05) is 34.3 Å². The smallest absolute Gasteiger partial charge is 0.338 e. The van der Waals surface area contributed by atoms with E-state index in [9.17, 15) is 49.8 Å². The number of carbonyl (C=O) groups is 4. The van der Waals surface area contributed by atoms with Gasteiger partial charge in [-0.1, -0.05) is 40.7 Å². The normalized spacial score (nSPS) is 49.0. The van der Waals surface area contributed by atoms with Gasteiger partial charge in [-0.3, -0.25) is 14.4 Å². The lowest BCUT2D eigenvalue weighted by molar-refractivity contribution is -0.313. The topological polar surface area (TPSA) is 242 Å². The molecule has 8 aliphatic rings. The van der Waals surface area contributed by atoms with Gasteiger partial charge < -0.3 is 64.1 Å². The first-order chi connectivity index (χ1) is 34.3. The van der Waals surface area contributed by atoms with Crippen LogP contribution in [0.15, 0.2) is 23.8 Å². The lowest BCUT2D eigenvalue weighted by Crippen LogP contribution is -2.70. The molecule has 0 radical (unpaired) electrons. The standard InChI is InChI=1S/C55H86ClFN2O15/c1-13-41-52(9,67)45(64)32(6)59(12)27-33-24-53(68,25-33)46(30(4)43(63)31(5)47(65)72-41)74-48-44(39(58(10)11)21-29(3)71-48)73-42(62)16-14-15-19-70-49(66)55(69)28(2)20-35-36-23-38(57)37-22-34(60)17-18-50(37,7)54(36,56)40(61)26-51(35,55)8/h17-18,22,28-33,35-36,38-41,43-46,48,61,63-64,67-69H,13-16,19-21,23-27H2,1-12H3/t28-,29-,30+,31-,32-,33-,35?,36?,38+,39-,40+,41-,43+,44-,45-,46-,48+,50+,51+,52-,53-,54+,55+/m1/s1. The maximum Gasteiger partial charge on any atom is 0.338 e. The Labute approximate surface area is 441 Å². The number of hydrogen-bond acceptors (Lipinski definition) is 17. The number of aliphatic hydroxyl groups is 6. The summed E-state index contributed by atoms with van der Waals surface area (Å²) in [5, 5.41) is 71.6. The molecular formula is C55H86ClFN2O15. The lowest BCUT2D eigenvalue weighted by Gasteiger charge is -2.64. The van der Waals surface area contributed by atoms with E-state index in [0.29, 0.717) is 19.4 Å². The molecule has 17 nitrogen and oxygen atoms in total. The number of hydrogen-bond donors (Lipinski definition) is 6. The van der Waals surface area contributed by atoms with Crippen LogP contribution in [0.1, 0.15) is 127 Å². The van der Waals surface area contributed by atoms with Gasteiger partial charge in [0.2, 0.25) is 0 Å². The minimum atomic E-state index is -2.04. The predicted octanol–water partition coefficient (Wildman–Crippen LogP) is 4.17. The Morgan fingerprint density at radius 2 is 1.62 bits per heavy atom. The number of halogens is 2. The van der Waals surface area contributed by atoms with Gasteiger partial charge in [-0.2, -0.15) is 0 Å².